The highest BCUT2D eigenvalue weighted by Crippen LogP contribution is 2.21. The van der Waals surface area contributed by atoms with E-state index in [1.807, 2.05) is 31.2 Å². The number of carbonyl (C=O) groups is 4. The predicted octanol–water partition coefficient (Wildman–Crippen LogP) is 4.39. The van der Waals surface area contributed by atoms with Crippen LogP contribution in [0.15, 0.2) is 77.1 Å². The number of carbonyl (C=O) groups excluding carboxylic acids is 4. The Morgan fingerprint density at radius 2 is 1.83 bits per heavy atom. The third-order valence-corrected chi connectivity index (χ3v) is 10.6. The Hall–Kier alpha value is -4.98. The number of aromatic amines is 1. The molecular formula is C38H49N5O8S. The van der Waals surface area contributed by atoms with Crippen LogP contribution >= 0.6 is 0 Å². The molecule has 4 rings (SSSR count). The number of alkyl carbamates (subject to hydrolysis) is 1. The van der Waals surface area contributed by atoms with E-state index in [2.05, 4.69) is 26.9 Å². The van der Waals surface area contributed by atoms with Gasteiger partial charge in [-0.25, -0.2) is 17.9 Å². The Morgan fingerprint density at radius 1 is 1.04 bits per heavy atom. The first kappa shape index (κ1) is 39.8. The Kier molecular flexibility index (Phi) is 14.6. The first-order chi connectivity index (χ1) is 24.9. The number of pyridine rings is 1. The van der Waals surface area contributed by atoms with Crippen molar-refractivity contribution in [3.63, 3.8) is 0 Å². The van der Waals surface area contributed by atoms with Crippen molar-refractivity contribution in [3.8, 4) is 0 Å². The quantitative estimate of drug-likeness (QED) is 0.110. The maximum absolute atomic E-state index is 13.8. The molecule has 0 radical (unpaired) electrons. The van der Waals surface area contributed by atoms with E-state index in [1.54, 1.807) is 31.3 Å². The number of rotatable bonds is 18. The van der Waals surface area contributed by atoms with Crippen molar-refractivity contribution < 1.29 is 32.3 Å². The molecule has 1 unspecified atom stereocenters. The van der Waals surface area contributed by atoms with Crippen LogP contribution in [0.25, 0.3) is 10.8 Å². The van der Waals surface area contributed by atoms with Gasteiger partial charge in [0.1, 0.15) is 18.1 Å². The van der Waals surface area contributed by atoms with Gasteiger partial charge in [0.2, 0.25) is 11.8 Å². The molecule has 0 saturated carbocycles. The van der Waals surface area contributed by atoms with Gasteiger partial charge in [-0.2, -0.15) is 0 Å². The summed E-state index contributed by atoms with van der Waals surface area (Å²) in [7, 11) is -4.21. The summed E-state index contributed by atoms with van der Waals surface area (Å²) in [6.45, 7) is 7.65. The van der Waals surface area contributed by atoms with Gasteiger partial charge in [-0.1, -0.05) is 56.2 Å². The number of aryl methyl sites for hydroxylation is 2. The van der Waals surface area contributed by atoms with Crippen molar-refractivity contribution in [3.05, 3.63) is 88.9 Å². The van der Waals surface area contributed by atoms with Gasteiger partial charge in [-0.05, 0) is 93.0 Å². The summed E-state index contributed by atoms with van der Waals surface area (Å²) >= 11 is 0. The van der Waals surface area contributed by atoms with Crippen molar-refractivity contribution in [1.82, 2.24) is 25.2 Å². The van der Waals surface area contributed by atoms with Crippen LogP contribution in [0.1, 0.15) is 75.8 Å². The number of likely N-dealkylation sites (tertiary alicyclic amines) is 1. The summed E-state index contributed by atoms with van der Waals surface area (Å²) in [6, 6.07) is 10.8. The molecule has 280 valence electrons. The number of ether oxygens (including phenoxy) is 1. The molecular weight excluding hydrogens is 687 g/mol. The Labute approximate surface area is 304 Å². The average molecular weight is 736 g/mol. The summed E-state index contributed by atoms with van der Waals surface area (Å²) in [5, 5.41) is 6.84. The maximum Gasteiger partial charge on any atom is 0.407 e. The number of nitrogens with zero attached hydrogens (tertiary/aromatic N) is 1. The number of aromatic nitrogens is 1. The molecule has 2 aromatic carbocycles. The second-order valence-electron chi connectivity index (χ2n) is 13.0. The van der Waals surface area contributed by atoms with Crippen molar-refractivity contribution >= 4 is 44.6 Å². The van der Waals surface area contributed by atoms with Crippen molar-refractivity contribution in [1.29, 1.82) is 0 Å². The van der Waals surface area contributed by atoms with Gasteiger partial charge < -0.3 is 25.3 Å². The predicted molar refractivity (Wildman–Crippen MR) is 198 cm³/mol. The first-order valence-electron chi connectivity index (χ1n) is 17.8. The van der Waals surface area contributed by atoms with Crippen molar-refractivity contribution in [2.45, 2.75) is 101 Å². The zero-order valence-corrected chi connectivity index (χ0v) is 30.6. The van der Waals surface area contributed by atoms with Gasteiger partial charge in [-0.3, -0.25) is 19.2 Å². The van der Waals surface area contributed by atoms with Gasteiger partial charge in [0.25, 0.3) is 21.5 Å². The van der Waals surface area contributed by atoms with Gasteiger partial charge >= 0.3 is 6.09 Å². The van der Waals surface area contributed by atoms with E-state index < -0.39 is 52.0 Å². The average Bonchev–Trinajstić information content (AvgIpc) is 3.61. The lowest BCUT2D eigenvalue weighted by Crippen LogP contribution is -2.56. The van der Waals surface area contributed by atoms with Gasteiger partial charge in [0.15, 0.2) is 0 Å². The number of amides is 4. The Bertz CT molecular complexity index is 1910. The fourth-order valence-electron chi connectivity index (χ4n) is 6.29. The van der Waals surface area contributed by atoms with Crippen LogP contribution in [0.4, 0.5) is 4.79 Å². The number of hydrogen-bond donors (Lipinski definition) is 4. The summed E-state index contributed by atoms with van der Waals surface area (Å²) < 4.78 is 33.3. The molecule has 14 heteroatoms. The van der Waals surface area contributed by atoms with Gasteiger partial charge in [0.05, 0.1) is 11.5 Å². The summed E-state index contributed by atoms with van der Waals surface area (Å²) in [5.74, 6) is -1.96. The maximum atomic E-state index is 13.8. The van der Waals surface area contributed by atoms with Crippen LogP contribution in [0.2, 0.25) is 0 Å². The number of H-pyrrole nitrogens is 1. The second kappa shape index (κ2) is 19.0. The third-order valence-electron chi connectivity index (χ3n) is 9.11. The molecule has 2 heterocycles. The molecule has 1 aliphatic rings. The van der Waals surface area contributed by atoms with Crippen LogP contribution in [0, 0.1) is 6.92 Å². The van der Waals surface area contributed by atoms with Crippen molar-refractivity contribution in [2.75, 3.05) is 13.2 Å². The van der Waals surface area contributed by atoms with Crippen molar-refractivity contribution in [2.24, 2.45) is 0 Å². The zero-order chi connectivity index (χ0) is 37.7. The van der Waals surface area contributed by atoms with E-state index in [0.29, 0.717) is 43.1 Å². The lowest BCUT2D eigenvalue weighted by Gasteiger charge is -2.29. The SMILES string of the molecule is C=CCC(NC(=O)[C@@H]1CCCN1C(=O)[C@H](CCCC)NC(=O)OCCCCCc1ccc2cc[nH]c(=O)c2c1)C(=O)NS(=O)(=O)c1ccccc1C. The topological polar surface area (TPSA) is 184 Å². The summed E-state index contributed by atoms with van der Waals surface area (Å²) in [5.41, 5.74) is 1.39. The van der Waals surface area contributed by atoms with E-state index >= 15 is 0 Å². The lowest BCUT2D eigenvalue weighted by atomic mass is 10.0. The highest BCUT2D eigenvalue weighted by Gasteiger charge is 2.39. The molecule has 0 spiro atoms. The molecule has 1 saturated heterocycles. The molecule has 1 fully saturated rings. The van der Waals surface area contributed by atoms with E-state index in [0.717, 1.165) is 36.6 Å². The fraction of sp³-hybridized carbons (Fsp3) is 0.447. The van der Waals surface area contributed by atoms with Crippen LogP contribution in [0.3, 0.4) is 0 Å². The number of fused-ring (bicyclic) bond motifs is 1. The molecule has 4 amide bonds. The van der Waals surface area contributed by atoms with E-state index in [-0.39, 0.29) is 30.0 Å². The molecule has 4 N–H and O–H groups in total. The number of unbranched alkanes of at least 4 members (excludes halogenated alkanes) is 3. The lowest BCUT2D eigenvalue weighted by molar-refractivity contribution is -0.140. The number of nitrogens with one attached hydrogen (secondary N) is 4. The van der Waals surface area contributed by atoms with Gasteiger partial charge in [0, 0.05) is 18.1 Å². The zero-order valence-electron chi connectivity index (χ0n) is 29.8. The number of benzene rings is 2. The molecule has 3 atom stereocenters. The van der Waals surface area contributed by atoms with Gasteiger partial charge in [-0.15, -0.1) is 6.58 Å². The van der Waals surface area contributed by atoms with E-state index in [4.69, 9.17) is 4.74 Å². The van der Waals surface area contributed by atoms with E-state index in [9.17, 15) is 32.4 Å². The van der Waals surface area contributed by atoms with Crippen LogP contribution in [-0.4, -0.2) is 73.4 Å². The first-order valence-corrected chi connectivity index (χ1v) is 19.3. The Balaban J connectivity index is 1.28. The second-order valence-corrected chi connectivity index (χ2v) is 14.7. The molecule has 3 aromatic rings. The molecule has 1 aromatic heterocycles. The number of sulfonamides is 1. The highest BCUT2D eigenvalue weighted by molar-refractivity contribution is 7.90. The van der Waals surface area contributed by atoms with Crippen LogP contribution in [-0.2, 0) is 35.6 Å². The number of hydrogen-bond acceptors (Lipinski definition) is 8. The Morgan fingerprint density at radius 3 is 2.58 bits per heavy atom. The fourth-order valence-corrected chi connectivity index (χ4v) is 7.56. The molecule has 52 heavy (non-hydrogen) atoms. The molecule has 13 nitrogen and oxygen atoms in total. The smallest absolute Gasteiger partial charge is 0.407 e. The monoisotopic (exact) mass is 735 g/mol. The normalized spacial score (nSPS) is 15.4. The van der Waals surface area contributed by atoms with Crippen LogP contribution in [0.5, 0.6) is 0 Å². The minimum Gasteiger partial charge on any atom is -0.450 e. The van der Waals surface area contributed by atoms with Crippen LogP contribution < -0.4 is 20.9 Å². The standard InChI is InChI=1S/C38H49N5O8S/c1-4-6-16-31(41-38(48)51-24-11-7-8-15-27-19-20-28-21-22-39-34(44)29(28)25-27)37(47)43-23-12-17-32(43)36(46)40-30(13-5-2)35(45)42-52(49,50)33-18-10-9-14-26(33)3/h5,9-10,14,18-22,25,30-32H,2,4,6-8,11-13,15-17,23-24H2,1,3H3,(H,39,44)(H,40,46)(H,41,48)(H,42,45)/t30?,31-,32-/m0/s1. The minimum absolute atomic E-state index is 0.0430. The van der Waals surface area contributed by atoms with E-state index in [1.165, 1.54) is 17.0 Å². The summed E-state index contributed by atoms with van der Waals surface area (Å²) in [6.07, 6.45) is 7.94. The molecule has 1 aliphatic heterocycles. The molecule has 0 bridgehead atoms. The minimum atomic E-state index is -4.21. The largest absolute Gasteiger partial charge is 0.450 e. The third kappa shape index (κ3) is 10.8. The summed E-state index contributed by atoms with van der Waals surface area (Å²) in [4.78, 5) is 69.3. The molecule has 0 aliphatic carbocycles. The highest BCUT2D eigenvalue weighted by atomic mass is 32.2.